The fourth-order valence-electron chi connectivity index (χ4n) is 3.60. The third kappa shape index (κ3) is 3.50. The number of methoxy groups -OCH3 is 1. The summed E-state index contributed by atoms with van der Waals surface area (Å²) in [5, 5.41) is 0. The van der Waals surface area contributed by atoms with Crippen LogP contribution in [-0.2, 0) is 9.53 Å². The van der Waals surface area contributed by atoms with E-state index >= 15 is 0 Å². The van der Waals surface area contributed by atoms with Crippen LogP contribution in [0.5, 0.6) is 0 Å². The number of hydrogen-bond donors (Lipinski definition) is 1. The monoisotopic (exact) mass is 317 g/mol. The smallest absolute Gasteiger partial charge is 0.227 e. The van der Waals surface area contributed by atoms with Crippen molar-refractivity contribution >= 4 is 5.91 Å². The largest absolute Gasteiger partial charge is 0.380 e. The van der Waals surface area contributed by atoms with Gasteiger partial charge in [0.15, 0.2) is 0 Å². The van der Waals surface area contributed by atoms with E-state index < -0.39 is 0 Å². The Morgan fingerprint density at radius 3 is 2.87 bits per heavy atom. The van der Waals surface area contributed by atoms with Crippen molar-refractivity contribution in [2.24, 2.45) is 0 Å². The lowest BCUT2D eigenvalue weighted by Gasteiger charge is -2.24. The van der Waals surface area contributed by atoms with E-state index in [0.717, 1.165) is 36.5 Å². The number of carbonyl (C=O) groups is 1. The zero-order valence-electron chi connectivity index (χ0n) is 14.4. The van der Waals surface area contributed by atoms with Gasteiger partial charge in [-0.2, -0.15) is 0 Å². The van der Waals surface area contributed by atoms with E-state index in [2.05, 4.69) is 16.0 Å². The lowest BCUT2D eigenvalue weighted by molar-refractivity contribution is -0.131. The normalized spacial score (nSPS) is 24.8. The molecule has 1 saturated heterocycles. The molecule has 23 heavy (non-hydrogen) atoms. The number of nitrogens with one attached hydrogen (secondary N) is 1. The Labute approximate surface area is 138 Å². The molecule has 2 aliphatic rings. The van der Waals surface area contributed by atoms with Crippen molar-refractivity contribution in [1.29, 1.82) is 0 Å². The van der Waals surface area contributed by atoms with Gasteiger partial charge in [-0.25, -0.2) is 4.98 Å². The van der Waals surface area contributed by atoms with Crippen molar-refractivity contribution in [3.63, 3.8) is 0 Å². The maximum Gasteiger partial charge on any atom is 0.227 e. The quantitative estimate of drug-likeness (QED) is 0.868. The Morgan fingerprint density at radius 2 is 2.26 bits per heavy atom. The number of H-pyrrole nitrogens is 1. The third-order valence-corrected chi connectivity index (χ3v) is 5.14. The highest BCUT2D eigenvalue weighted by molar-refractivity contribution is 5.79. The zero-order valence-corrected chi connectivity index (χ0v) is 14.4. The minimum Gasteiger partial charge on any atom is -0.380 e. The molecule has 1 aromatic rings. The van der Waals surface area contributed by atoms with Crippen molar-refractivity contribution in [2.45, 2.75) is 64.5 Å². The Kier molecular flexibility index (Phi) is 4.85. The molecule has 1 amide bonds. The number of aromatic nitrogens is 2. The summed E-state index contributed by atoms with van der Waals surface area (Å²) >= 11 is 0. The second kappa shape index (κ2) is 6.87. The first-order valence-electron chi connectivity index (χ1n) is 8.61. The lowest BCUT2D eigenvalue weighted by atomic mass is 9.97. The molecule has 2 heterocycles. The summed E-state index contributed by atoms with van der Waals surface area (Å²) < 4.78 is 5.52. The van der Waals surface area contributed by atoms with Crippen LogP contribution in [0.25, 0.3) is 0 Å². The minimum atomic E-state index is 0.00374. The molecule has 0 radical (unpaired) electrons. The molecule has 0 unspecified atom stereocenters. The Hall–Kier alpha value is -1.62. The van der Waals surface area contributed by atoms with Crippen LogP contribution in [0.2, 0.25) is 0 Å². The van der Waals surface area contributed by atoms with E-state index in [1.165, 1.54) is 18.4 Å². The fraction of sp³-hybridized carbons (Fsp3) is 0.667. The fourth-order valence-corrected chi connectivity index (χ4v) is 3.60. The average Bonchev–Trinajstić information content (AvgIpc) is 3.12. The molecule has 126 valence electrons. The molecule has 5 nitrogen and oxygen atoms in total. The first-order valence-corrected chi connectivity index (χ1v) is 8.61. The van der Waals surface area contributed by atoms with Crippen LogP contribution < -0.4 is 0 Å². The van der Waals surface area contributed by atoms with E-state index in [1.807, 2.05) is 18.7 Å². The Morgan fingerprint density at radius 1 is 1.43 bits per heavy atom. The maximum atomic E-state index is 12.8. The van der Waals surface area contributed by atoms with E-state index in [0.29, 0.717) is 13.0 Å². The molecule has 0 spiro atoms. The van der Waals surface area contributed by atoms with Gasteiger partial charge in [0, 0.05) is 32.2 Å². The molecule has 1 aromatic heterocycles. The summed E-state index contributed by atoms with van der Waals surface area (Å²) in [6.07, 6.45) is 8.34. The van der Waals surface area contributed by atoms with Crippen molar-refractivity contribution in [2.75, 3.05) is 13.7 Å². The molecular formula is C18H27N3O2. The van der Waals surface area contributed by atoms with E-state index in [1.54, 1.807) is 7.11 Å². The van der Waals surface area contributed by atoms with Crippen LogP contribution in [0.15, 0.2) is 11.6 Å². The van der Waals surface area contributed by atoms with Gasteiger partial charge in [-0.15, -0.1) is 0 Å². The maximum absolute atomic E-state index is 12.8. The molecule has 3 rings (SSSR count). The number of aromatic amines is 1. The number of aryl methyl sites for hydroxylation is 2. The lowest BCUT2D eigenvalue weighted by Crippen LogP contribution is -2.32. The molecule has 0 bridgehead atoms. The van der Waals surface area contributed by atoms with Crippen molar-refractivity contribution in [3.8, 4) is 0 Å². The van der Waals surface area contributed by atoms with Gasteiger partial charge in [0.05, 0.1) is 17.8 Å². The number of nitrogens with zero attached hydrogens (tertiary/aromatic N) is 2. The number of carbonyl (C=O) groups excluding carboxylic acids is 1. The van der Waals surface area contributed by atoms with Crippen LogP contribution >= 0.6 is 0 Å². The zero-order chi connectivity index (χ0) is 16.4. The standard InChI is InChI=1S/C18H27N3O2/c1-12-13(2)20-18(19-12)16-10-15(23-3)11-21(16)17(22)9-14-7-5-4-6-8-14/h7,15-16H,4-6,8-11H2,1-3H3,(H,19,20)/t15-,16+/m1/s1. The van der Waals surface area contributed by atoms with E-state index in [4.69, 9.17) is 4.74 Å². The summed E-state index contributed by atoms with van der Waals surface area (Å²) in [5.74, 6) is 1.10. The highest BCUT2D eigenvalue weighted by atomic mass is 16.5. The summed E-state index contributed by atoms with van der Waals surface area (Å²) in [4.78, 5) is 22.8. The molecule has 1 fully saturated rings. The third-order valence-electron chi connectivity index (χ3n) is 5.14. The van der Waals surface area contributed by atoms with Gasteiger partial charge in [-0.3, -0.25) is 4.79 Å². The Balaban J connectivity index is 1.76. The number of allylic oxidation sites excluding steroid dienone is 1. The van der Waals surface area contributed by atoms with Crippen LogP contribution in [0.3, 0.4) is 0 Å². The van der Waals surface area contributed by atoms with Gasteiger partial charge >= 0.3 is 0 Å². The van der Waals surface area contributed by atoms with Gasteiger partial charge in [0.25, 0.3) is 0 Å². The van der Waals surface area contributed by atoms with E-state index in [9.17, 15) is 4.79 Å². The number of amides is 1. The SMILES string of the molecule is CO[C@@H]1C[C@@H](c2nc(C)c(C)[nH]2)N(C(=O)CC2=CCCCC2)C1. The predicted molar refractivity (Wildman–Crippen MR) is 89.1 cm³/mol. The molecule has 2 atom stereocenters. The molecular weight excluding hydrogens is 290 g/mol. The number of imidazole rings is 1. The van der Waals surface area contributed by atoms with Crippen LogP contribution in [0.1, 0.15) is 61.8 Å². The van der Waals surface area contributed by atoms with Crippen molar-refractivity contribution in [3.05, 3.63) is 28.9 Å². The topological polar surface area (TPSA) is 58.2 Å². The van der Waals surface area contributed by atoms with Crippen LogP contribution in [0.4, 0.5) is 0 Å². The highest BCUT2D eigenvalue weighted by Crippen LogP contribution is 2.34. The molecule has 1 N–H and O–H groups in total. The van der Waals surface area contributed by atoms with Crippen molar-refractivity contribution < 1.29 is 9.53 Å². The second-order valence-electron chi connectivity index (χ2n) is 6.77. The molecule has 1 aliphatic heterocycles. The Bertz CT molecular complexity index is 586. The van der Waals surface area contributed by atoms with E-state index in [-0.39, 0.29) is 18.1 Å². The van der Waals surface area contributed by atoms with Gasteiger partial charge in [-0.1, -0.05) is 11.6 Å². The van der Waals surface area contributed by atoms with Crippen LogP contribution in [-0.4, -0.2) is 40.5 Å². The molecule has 0 aromatic carbocycles. The summed E-state index contributed by atoms with van der Waals surface area (Å²) in [5.41, 5.74) is 3.37. The number of hydrogen-bond acceptors (Lipinski definition) is 3. The van der Waals surface area contributed by atoms with Gasteiger partial charge in [-0.05, 0) is 39.5 Å². The second-order valence-corrected chi connectivity index (χ2v) is 6.77. The summed E-state index contributed by atoms with van der Waals surface area (Å²) in [6, 6.07) is 0.00374. The molecule has 1 aliphatic carbocycles. The number of ether oxygens (including phenoxy) is 1. The first kappa shape index (κ1) is 16.2. The number of rotatable bonds is 4. The molecule has 0 saturated carbocycles. The average molecular weight is 317 g/mol. The first-order chi connectivity index (χ1) is 11.1. The van der Waals surface area contributed by atoms with Gasteiger partial charge in [0.2, 0.25) is 5.91 Å². The van der Waals surface area contributed by atoms with Crippen LogP contribution in [0, 0.1) is 13.8 Å². The highest BCUT2D eigenvalue weighted by Gasteiger charge is 2.38. The van der Waals surface area contributed by atoms with Crippen molar-refractivity contribution in [1.82, 2.24) is 14.9 Å². The summed E-state index contributed by atoms with van der Waals surface area (Å²) in [7, 11) is 1.72. The molecule has 5 heteroatoms. The minimum absolute atomic E-state index is 0.00374. The van der Waals surface area contributed by atoms with Gasteiger partial charge < -0.3 is 14.6 Å². The predicted octanol–water partition coefficient (Wildman–Crippen LogP) is 3.21. The summed E-state index contributed by atoms with van der Waals surface area (Å²) in [6.45, 7) is 4.68. The number of likely N-dealkylation sites (tertiary alicyclic amines) is 1. The van der Waals surface area contributed by atoms with Gasteiger partial charge in [0.1, 0.15) is 5.82 Å².